The van der Waals surface area contributed by atoms with E-state index in [0.717, 1.165) is 48.9 Å². The van der Waals surface area contributed by atoms with Crippen molar-refractivity contribution in [2.24, 2.45) is 5.73 Å². The van der Waals surface area contributed by atoms with Crippen molar-refractivity contribution in [1.82, 2.24) is 20.9 Å². The van der Waals surface area contributed by atoms with Gasteiger partial charge in [-0.05, 0) is 50.3 Å². The lowest BCUT2D eigenvalue weighted by molar-refractivity contribution is -0.525. The van der Waals surface area contributed by atoms with E-state index < -0.39 is 35.3 Å². The van der Waals surface area contributed by atoms with Gasteiger partial charge in [-0.25, -0.2) is 0 Å². The number of nitrogens with zero attached hydrogens (tertiary/aromatic N) is 1. The van der Waals surface area contributed by atoms with Gasteiger partial charge in [-0.2, -0.15) is 13.2 Å². The van der Waals surface area contributed by atoms with Crippen LogP contribution in [-0.4, -0.2) is 84.3 Å². The Labute approximate surface area is 328 Å². The van der Waals surface area contributed by atoms with Crippen LogP contribution in [0.25, 0.3) is 0 Å². The normalized spacial score (nSPS) is 22.5. The summed E-state index contributed by atoms with van der Waals surface area (Å²) in [5.74, 6) is 1.34. The average molecular weight is 780 g/mol. The number of fused-ring (bicyclic) bond motifs is 2. The summed E-state index contributed by atoms with van der Waals surface area (Å²) in [5, 5.41) is 20.1. The van der Waals surface area contributed by atoms with Crippen molar-refractivity contribution in [1.29, 1.82) is 0 Å². The molecule has 7 N–H and O–H groups in total. The molecule has 3 aliphatic rings. The molecule has 0 aliphatic carbocycles. The van der Waals surface area contributed by atoms with Gasteiger partial charge in [0.2, 0.25) is 11.7 Å². The van der Waals surface area contributed by atoms with Gasteiger partial charge in [0.05, 0.1) is 36.2 Å². The Kier molecular flexibility index (Phi) is 21.8. The predicted octanol–water partition coefficient (Wildman–Crippen LogP) is 5.78. The summed E-state index contributed by atoms with van der Waals surface area (Å²) in [6, 6.07) is 5.11. The van der Waals surface area contributed by atoms with Crippen molar-refractivity contribution in [3.8, 4) is 5.75 Å². The fraction of sp³-hybridized carbons (Fsp3) is 0.595. The van der Waals surface area contributed by atoms with Gasteiger partial charge in [0.25, 0.3) is 5.91 Å². The van der Waals surface area contributed by atoms with Gasteiger partial charge in [0.1, 0.15) is 23.4 Å². The fourth-order valence-corrected chi connectivity index (χ4v) is 6.24. The number of nitrogens with one attached hydrogen (secondary N) is 4. The number of likely N-dealkylation sites (N-methyl/N-ethyl adjacent to an activating group) is 1. The van der Waals surface area contributed by atoms with Crippen LogP contribution in [0.4, 0.5) is 13.2 Å². The minimum Gasteiger partial charge on any atom is -0.492 e. The Morgan fingerprint density at radius 1 is 1.15 bits per heavy atom. The van der Waals surface area contributed by atoms with E-state index in [-0.39, 0.29) is 22.9 Å². The number of aliphatic hydroxyl groups is 1. The van der Waals surface area contributed by atoms with E-state index in [4.69, 9.17) is 10.5 Å². The second kappa shape index (κ2) is 23.6. The van der Waals surface area contributed by atoms with E-state index in [0.29, 0.717) is 36.8 Å². The fourth-order valence-electron chi connectivity index (χ4n) is 6.24. The van der Waals surface area contributed by atoms with E-state index in [1.54, 1.807) is 6.07 Å². The third-order valence-electron chi connectivity index (χ3n) is 9.26. The summed E-state index contributed by atoms with van der Waals surface area (Å²) in [5.41, 5.74) is 6.17. The number of rotatable bonds is 8. The highest BCUT2D eigenvalue weighted by Gasteiger charge is 2.58. The van der Waals surface area contributed by atoms with Crippen LogP contribution in [0, 0.1) is 0 Å². The van der Waals surface area contributed by atoms with Gasteiger partial charge in [0.15, 0.2) is 0 Å². The second-order valence-corrected chi connectivity index (χ2v) is 13.7. The number of amides is 2. The molecule has 0 radical (unpaired) electrons. The lowest BCUT2D eigenvalue weighted by Crippen LogP contribution is -2.92. The summed E-state index contributed by atoms with van der Waals surface area (Å²) in [7, 11) is 1.38. The van der Waals surface area contributed by atoms with Crippen LogP contribution in [0.3, 0.4) is 0 Å². The van der Waals surface area contributed by atoms with Crippen LogP contribution in [0.1, 0.15) is 118 Å². The molecule has 0 aromatic heterocycles. The number of para-hydroxylation sites is 1. The first-order valence-corrected chi connectivity index (χ1v) is 19.5. The number of benzene rings is 1. The Morgan fingerprint density at radius 2 is 1.75 bits per heavy atom. The van der Waals surface area contributed by atoms with Crippen molar-refractivity contribution in [3.63, 3.8) is 0 Å². The van der Waals surface area contributed by atoms with Crippen LogP contribution in [0.5, 0.6) is 5.75 Å². The SMILES string of the molecule is C=C(/C=C\C(=C/C)C(F)(F)F)C(=O)NC.C=C1NC[C@H]([NH+]=C(N)CCC)C2(C)C(O)C(NC(=O)c3cccc4c3OCCC4(C)C)CN12.CC.CC.CCC. The number of allylic oxidation sites excluding steroid dienone is 3. The van der Waals surface area contributed by atoms with Crippen LogP contribution < -0.4 is 31.4 Å². The van der Waals surface area contributed by atoms with Gasteiger partial charge in [-0.15, -0.1) is 0 Å². The largest absolute Gasteiger partial charge is 0.492 e. The molecule has 10 nitrogen and oxygen atoms in total. The van der Waals surface area contributed by atoms with Crippen molar-refractivity contribution < 1.29 is 37.6 Å². The van der Waals surface area contributed by atoms with Crippen LogP contribution in [0.2, 0.25) is 0 Å². The summed E-state index contributed by atoms with van der Waals surface area (Å²) < 4.78 is 42.5. The molecule has 4 rings (SSSR count). The Hall–Kier alpha value is -4.26. The maximum atomic E-state index is 13.4. The van der Waals surface area contributed by atoms with Crippen LogP contribution in [-0.2, 0) is 10.2 Å². The maximum absolute atomic E-state index is 13.4. The van der Waals surface area contributed by atoms with Gasteiger partial charge >= 0.3 is 6.18 Å². The number of carbonyl (C=O) groups is 2. The Bertz CT molecular complexity index is 1500. The van der Waals surface area contributed by atoms with Gasteiger partial charge in [-0.1, -0.05) is 100 Å². The molecule has 4 atom stereocenters. The molecule has 0 saturated carbocycles. The minimum atomic E-state index is -4.41. The van der Waals surface area contributed by atoms with Crippen molar-refractivity contribution in [2.75, 3.05) is 26.7 Å². The number of hydrogen-bond donors (Lipinski definition) is 6. The zero-order valence-corrected chi connectivity index (χ0v) is 35.4. The van der Waals surface area contributed by atoms with Crippen LogP contribution >= 0.6 is 0 Å². The number of alkyl halides is 3. The standard InChI is InChI=1S/C25H37N5O3.C10H12F3NO.C3H8.2C2H6/c1-6-8-20(26)29-19-13-27-15(2)30-14-18(22(31)25(19,30)5)28-23(32)16-9-7-10-17-21(16)33-12-11-24(17,3)4;1-4-8(10(11,12)13)6-5-7(2)9(15)14-3;1-3-2;2*1-2/h7,9-10,18-19,22,27,31H,2,6,8,11-14H2,1,3-5H3,(H2,26,29)(H,28,32);4-6H,2H2,1,3H3,(H,14,15);3H2,1-2H3;2*1-2H3/p+1/b;6-5-,8-4+;;;/t18?,19-,22?,25?;;;;/m0..../s1. The summed E-state index contributed by atoms with van der Waals surface area (Å²) in [4.78, 5) is 29.7. The smallest absolute Gasteiger partial charge is 0.416 e. The number of ether oxygens (including phenoxy) is 1. The molecular weight excluding hydrogens is 709 g/mol. The first kappa shape index (κ1) is 50.7. The van der Waals surface area contributed by atoms with Crippen LogP contribution in [0.15, 0.2) is 66.6 Å². The summed E-state index contributed by atoms with van der Waals surface area (Å²) in [6.45, 7) is 31.0. The Morgan fingerprint density at radius 3 is 2.27 bits per heavy atom. The highest BCUT2D eigenvalue weighted by Crippen LogP contribution is 2.41. The summed E-state index contributed by atoms with van der Waals surface area (Å²) in [6.07, 6.45) is 1.40. The molecule has 0 spiro atoms. The van der Waals surface area contributed by atoms with Gasteiger partial charge < -0.3 is 30.7 Å². The second-order valence-electron chi connectivity index (χ2n) is 13.7. The minimum absolute atomic E-state index is 0.0268. The van der Waals surface area contributed by atoms with Crippen molar-refractivity contribution in [2.45, 2.75) is 137 Å². The molecule has 2 amide bonds. The molecule has 3 aliphatic heterocycles. The van der Waals surface area contributed by atoms with E-state index in [1.807, 2.05) is 51.7 Å². The van der Waals surface area contributed by atoms with Crippen molar-refractivity contribution in [3.05, 3.63) is 77.7 Å². The molecule has 55 heavy (non-hydrogen) atoms. The molecule has 13 heteroatoms. The molecule has 1 aromatic rings. The van der Waals surface area contributed by atoms with E-state index in [1.165, 1.54) is 20.4 Å². The Balaban J connectivity index is 0.00000111. The topological polar surface area (TPSA) is 143 Å². The molecule has 0 bridgehead atoms. The molecule has 2 saturated heterocycles. The highest BCUT2D eigenvalue weighted by atomic mass is 19.4. The number of hydrogen-bond acceptors (Lipinski definition) is 6. The lowest BCUT2D eigenvalue weighted by atomic mass is 9.79. The van der Waals surface area contributed by atoms with Crippen molar-refractivity contribution >= 4 is 17.6 Å². The zero-order valence-electron chi connectivity index (χ0n) is 35.4. The molecular formula is C42H70F3N6O4+. The third-order valence-corrected chi connectivity index (χ3v) is 9.26. The molecule has 1 aromatic carbocycles. The van der Waals surface area contributed by atoms with E-state index in [2.05, 4.69) is 68.7 Å². The average Bonchev–Trinajstić information content (AvgIpc) is 3.41. The third kappa shape index (κ3) is 13.5. The first-order chi connectivity index (χ1) is 25.8. The molecule has 312 valence electrons. The predicted molar refractivity (Wildman–Crippen MR) is 219 cm³/mol. The molecule has 2 fully saturated rings. The van der Waals surface area contributed by atoms with E-state index >= 15 is 0 Å². The zero-order chi connectivity index (χ0) is 42.7. The number of nitrogens with two attached hydrogens (primary N) is 1. The number of amidine groups is 1. The van der Waals surface area contributed by atoms with Gasteiger partial charge in [0, 0.05) is 31.1 Å². The summed E-state index contributed by atoms with van der Waals surface area (Å²) >= 11 is 0. The maximum Gasteiger partial charge on any atom is 0.416 e. The molecule has 3 heterocycles. The quantitative estimate of drug-likeness (QED) is 0.0850. The number of halogens is 3. The highest BCUT2D eigenvalue weighted by molar-refractivity contribution is 5.98. The van der Waals surface area contributed by atoms with Gasteiger partial charge in [-0.3, -0.25) is 20.3 Å². The number of carbonyl (C=O) groups excluding carboxylic acids is 2. The first-order valence-electron chi connectivity index (χ1n) is 19.5. The number of aliphatic hydroxyl groups excluding tert-OH is 1. The monoisotopic (exact) mass is 780 g/mol. The lowest BCUT2D eigenvalue weighted by Gasteiger charge is -2.46. The van der Waals surface area contributed by atoms with E-state index in [9.17, 15) is 27.9 Å². The molecule has 3 unspecified atom stereocenters.